The van der Waals surface area contributed by atoms with E-state index in [0.717, 1.165) is 16.8 Å². The zero-order valence-electron chi connectivity index (χ0n) is 10.6. The van der Waals surface area contributed by atoms with E-state index < -0.39 is 5.92 Å². The maximum absolute atomic E-state index is 12.1. The smallest absolute Gasteiger partial charge is 0.242 e. The maximum Gasteiger partial charge on any atom is 0.242 e. The number of thiophene rings is 1. The van der Waals surface area contributed by atoms with Crippen LogP contribution in [0.15, 0.2) is 41.1 Å². The minimum atomic E-state index is -0.658. The number of nitrogens with zero attached hydrogens (tertiary/aromatic N) is 1. The van der Waals surface area contributed by atoms with Crippen LogP contribution >= 0.6 is 11.3 Å². The van der Waals surface area contributed by atoms with Crippen molar-refractivity contribution in [1.82, 2.24) is 0 Å². The quantitative estimate of drug-likeness (QED) is 0.926. The van der Waals surface area contributed by atoms with Gasteiger partial charge in [0, 0.05) is 5.69 Å². The number of nitrogens with one attached hydrogen (secondary N) is 1. The molecule has 96 valence electrons. The third kappa shape index (κ3) is 3.43. The van der Waals surface area contributed by atoms with Gasteiger partial charge in [-0.15, -0.1) is 0 Å². The normalized spacial score (nSPS) is 11.6. The molecule has 1 amide bonds. The molecule has 0 unspecified atom stereocenters. The molecular weight excluding hydrogens is 256 g/mol. The van der Waals surface area contributed by atoms with E-state index in [1.165, 1.54) is 0 Å². The van der Waals surface area contributed by atoms with Crippen LogP contribution in [0.5, 0.6) is 0 Å². The summed E-state index contributed by atoms with van der Waals surface area (Å²) >= 11 is 1.57. The second-order valence-electron chi connectivity index (χ2n) is 4.32. The molecule has 1 aromatic heterocycles. The standard InChI is InChI=1S/C15H14N2OS/c1-11-4-2-3-5-14(11)17-15(18)13(9-16)8-12-6-7-19-10-12/h2-7,10,13H,8H2,1H3,(H,17,18)/t13-/m0/s1. The Balaban J connectivity index is 2.06. The van der Waals surface area contributed by atoms with Gasteiger partial charge in [0.25, 0.3) is 0 Å². The van der Waals surface area contributed by atoms with E-state index in [1.807, 2.05) is 48.0 Å². The second kappa shape index (κ2) is 6.17. The zero-order valence-corrected chi connectivity index (χ0v) is 11.4. The van der Waals surface area contributed by atoms with Crippen molar-refractivity contribution in [2.24, 2.45) is 5.92 Å². The topological polar surface area (TPSA) is 52.9 Å². The molecule has 0 aliphatic carbocycles. The van der Waals surface area contributed by atoms with Gasteiger partial charge in [-0.25, -0.2) is 0 Å². The third-order valence-corrected chi connectivity index (χ3v) is 3.63. The van der Waals surface area contributed by atoms with Gasteiger partial charge >= 0.3 is 0 Å². The molecule has 1 atom stereocenters. The number of carbonyl (C=O) groups excluding carboxylic acids is 1. The number of para-hydroxylation sites is 1. The Morgan fingerprint density at radius 2 is 2.21 bits per heavy atom. The fraction of sp³-hybridized carbons (Fsp3) is 0.200. The van der Waals surface area contributed by atoms with Crippen LogP contribution in [0.25, 0.3) is 0 Å². The number of hydrogen-bond donors (Lipinski definition) is 1. The molecule has 0 saturated heterocycles. The molecule has 1 aromatic carbocycles. The number of aryl methyl sites for hydroxylation is 1. The Labute approximate surface area is 116 Å². The van der Waals surface area contributed by atoms with Crippen LogP contribution in [0, 0.1) is 24.2 Å². The average Bonchev–Trinajstić information content (AvgIpc) is 2.91. The first kappa shape index (κ1) is 13.3. The van der Waals surface area contributed by atoms with Crippen LogP contribution in [0.2, 0.25) is 0 Å². The van der Waals surface area contributed by atoms with Gasteiger partial charge < -0.3 is 5.32 Å². The van der Waals surface area contributed by atoms with E-state index in [9.17, 15) is 4.79 Å². The van der Waals surface area contributed by atoms with Crippen molar-refractivity contribution >= 4 is 22.9 Å². The number of benzene rings is 1. The van der Waals surface area contributed by atoms with Gasteiger partial charge in [-0.2, -0.15) is 16.6 Å². The van der Waals surface area contributed by atoms with E-state index in [1.54, 1.807) is 11.3 Å². The van der Waals surface area contributed by atoms with Crippen LogP contribution in [0.1, 0.15) is 11.1 Å². The van der Waals surface area contributed by atoms with Crippen molar-refractivity contribution in [3.63, 3.8) is 0 Å². The Hall–Kier alpha value is -2.12. The lowest BCUT2D eigenvalue weighted by molar-refractivity contribution is -0.118. The average molecular weight is 270 g/mol. The molecule has 1 N–H and O–H groups in total. The number of carbonyl (C=O) groups is 1. The molecular formula is C15H14N2OS. The molecule has 0 spiro atoms. The van der Waals surface area contributed by atoms with E-state index in [0.29, 0.717) is 6.42 Å². The molecule has 0 fully saturated rings. The predicted octanol–water partition coefficient (Wildman–Crippen LogP) is 3.38. The molecule has 0 bridgehead atoms. The fourth-order valence-electron chi connectivity index (χ4n) is 1.77. The largest absolute Gasteiger partial charge is 0.325 e. The molecule has 4 heteroatoms. The fourth-order valence-corrected chi connectivity index (χ4v) is 2.46. The summed E-state index contributed by atoms with van der Waals surface area (Å²) < 4.78 is 0. The Kier molecular flexibility index (Phi) is 4.32. The summed E-state index contributed by atoms with van der Waals surface area (Å²) in [5, 5.41) is 15.9. The van der Waals surface area contributed by atoms with Gasteiger partial charge in [0.05, 0.1) is 6.07 Å². The molecule has 0 saturated carbocycles. The minimum absolute atomic E-state index is 0.247. The first-order valence-electron chi connectivity index (χ1n) is 5.98. The predicted molar refractivity (Wildman–Crippen MR) is 76.9 cm³/mol. The van der Waals surface area contributed by atoms with Crippen molar-refractivity contribution in [1.29, 1.82) is 5.26 Å². The number of rotatable bonds is 4. The number of amides is 1. The van der Waals surface area contributed by atoms with Crippen LogP contribution in [-0.4, -0.2) is 5.91 Å². The van der Waals surface area contributed by atoms with Crippen LogP contribution < -0.4 is 5.32 Å². The van der Waals surface area contributed by atoms with E-state index in [4.69, 9.17) is 5.26 Å². The molecule has 1 heterocycles. The number of anilines is 1. The minimum Gasteiger partial charge on any atom is -0.325 e. The third-order valence-electron chi connectivity index (χ3n) is 2.90. The summed E-state index contributed by atoms with van der Waals surface area (Å²) in [5.41, 5.74) is 2.78. The van der Waals surface area contributed by atoms with Crippen molar-refractivity contribution in [3.05, 3.63) is 52.2 Å². The van der Waals surface area contributed by atoms with E-state index in [-0.39, 0.29) is 5.91 Å². The lowest BCUT2D eigenvalue weighted by Gasteiger charge is -2.11. The van der Waals surface area contributed by atoms with Gasteiger partial charge in [-0.05, 0) is 47.4 Å². The van der Waals surface area contributed by atoms with Gasteiger partial charge in [-0.3, -0.25) is 4.79 Å². The van der Waals surface area contributed by atoms with Gasteiger partial charge in [0.15, 0.2) is 0 Å². The molecule has 0 aliphatic heterocycles. The van der Waals surface area contributed by atoms with Gasteiger partial charge in [-0.1, -0.05) is 18.2 Å². The summed E-state index contributed by atoms with van der Waals surface area (Å²) in [6.45, 7) is 1.93. The van der Waals surface area contributed by atoms with Crippen molar-refractivity contribution < 1.29 is 4.79 Å². The molecule has 2 rings (SSSR count). The van der Waals surface area contributed by atoms with Crippen LogP contribution in [-0.2, 0) is 11.2 Å². The van der Waals surface area contributed by atoms with Crippen molar-refractivity contribution in [2.45, 2.75) is 13.3 Å². The summed E-state index contributed by atoms with van der Waals surface area (Å²) in [6.07, 6.45) is 0.456. The highest BCUT2D eigenvalue weighted by Gasteiger charge is 2.19. The number of hydrogen-bond acceptors (Lipinski definition) is 3. The molecule has 0 radical (unpaired) electrons. The second-order valence-corrected chi connectivity index (χ2v) is 5.10. The highest BCUT2D eigenvalue weighted by atomic mass is 32.1. The summed E-state index contributed by atoms with van der Waals surface area (Å²) in [4.78, 5) is 12.1. The highest BCUT2D eigenvalue weighted by molar-refractivity contribution is 7.07. The molecule has 19 heavy (non-hydrogen) atoms. The van der Waals surface area contributed by atoms with Crippen molar-refractivity contribution in [2.75, 3.05) is 5.32 Å². The monoisotopic (exact) mass is 270 g/mol. The van der Waals surface area contributed by atoms with Gasteiger partial charge in [0.1, 0.15) is 5.92 Å². The molecule has 0 aliphatic rings. The Bertz CT molecular complexity index is 599. The van der Waals surface area contributed by atoms with E-state index in [2.05, 4.69) is 11.4 Å². The van der Waals surface area contributed by atoms with Gasteiger partial charge in [0.2, 0.25) is 5.91 Å². The first-order valence-corrected chi connectivity index (χ1v) is 6.92. The van der Waals surface area contributed by atoms with E-state index >= 15 is 0 Å². The van der Waals surface area contributed by atoms with Crippen LogP contribution in [0.4, 0.5) is 5.69 Å². The Morgan fingerprint density at radius 1 is 1.42 bits per heavy atom. The summed E-state index contributed by atoms with van der Waals surface area (Å²) in [6, 6.07) is 11.6. The molecule has 3 nitrogen and oxygen atoms in total. The molecule has 2 aromatic rings. The maximum atomic E-state index is 12.1. The summed E-state index contributed by atoms with van der Waals surface area (Å²) in [5.74, 6) is -0.905. The highest BCUT2D eigenvalue weighted by Crippen LogP contribution is 2.17. The van der Waals surface area contributed by atoms with Crippen molar-refractivity contribution in [3.8, 4) is 6.07 Å². The first-order chi connectivity index (χ1) is 9.20. The Morgan fingerprint density at radius 3 is 2.84 bits per heavy atom. The summed E-state index contributed by atoms with van der Waals surface area (Å²) in [7, 11) is 0. The lowest BCUT2D eigenvalue weighted by atomic mass is 10.0. The number of nitriles is 1. The SMILES string of the molecule is Cc1ccccc1NC(=O)[C@H](C#N)Cc1ccsc1. The lowest BCUT2D eigenvalue weighted by Crippen LogP contribution is -2.23. The van der Waals surface area contributed by atoms with Crippen LogP contribution in [0.3, 0.4) is 0 Å². The zero-order chi connectivity index (χ0) is 13.7.